The van der Waals surface area contributed by atoms with E-state index >= 15 is 0 Å². The summed E-state index contributed by atoms with van der Waals surface area (Å²) in [7, 11) is -3.22. The average molecular weight is 249 g/mol. The highest BCUT2D eigenvalue weighted by molar-refractivity contribution is 7.89. The summed E-state index contributed by atoms with van der Waals surface area (Å²) in [5.74, 6) is 0.0648. The molecule has 1 heterocycles. The van der Waals surface area contributed by atoms with E-state index in [-0.39, 0.29) is 18.2 Å². The second-order valence-electron chi connectivity index (χ2n) is 3.23. The van der Waals surface area contributed by atoms with Gasteiger partial charge >= 0.3 is 0 Å². The van der Waals surface area contributed by atoms with Gasteiger partial charge in [0.15, 0.2) is 0 Å². The molecule has 5 nitrogen and oxygen atoms in total. The van der Waals surface area contributed by atoms with Gasteiger partial charge in [-0.05, 0) is 0 Å². The highest BCUT2D eigenvalue weighted by atomic mass is 32.2. The number of rotatable bonds is 6. The van der Waals surface area contributed by atoms with Gasteiger partial charge in [-0.3, -0.25) is 0 Å². The van der Waals surface area contributed by atoms with Gasteiger partial charge in [-0.25, -0.2) is 18.1 Å². The zero-order valence-electron chi connectivity index (χ0n) is 8.51. The lowest BCUT2D eigenvalue weighted by molar-refractivity contribution is 0.574. The summed E-state index contributed by atoms with van der Waals surface area (Å²) in [5, 5.41) is 2.81. The third-order valence-corrected chi connectivity index (χ3v) is 4.26. The van der Waals surface area contributed by atoms with Crippen LogP contribution >= 0.6 is 11.3 Å². The lowest BCUT2D eigenvalue weighted by Crippen LogP contribution is -2.32. The van der Waals surface area contributed by atoms with Gasteiger partial charge in [0.2, 0.25) is 10.0 Å². The minimum Gasteiger partial charge on any atom is -0.329 e. The van der Waals surface area contributed by atoms with Crippen LogP contribution in [0.4, 0.5) is 0 Å². The van der Waals surface area contributed by atoms with Gasteiger partial charge < -0.3 is 5.73 Å². The molecule has 1 rings (SSSR count). The standard InChI is InChI=1S/C8H15N3O2S2/c1-7(8-10-3-4-14-8)6-11-15(12,13)5-2-9/h3-4,7,11H,2,5-6,9H2,1H3. The zero-order valence-corrected chi connectivity index (χ0v) is 10.1. The van der Waals surface area contributed by atoms with Crippen LogP contribution in [0.5, 0.6) is 0 Å². The highest BCUT2D eigenvalue weighted by Gasteiger charge is 2.13. The maximum atomic E-state index is 11.3. The first-order valence-corrected chi connectivity index (χ1v) is 7.15. The molecule has 0 fully saturated rings. The van der Waals surface area contributed by atoms with E-state index in [1.165, 1.54) is 11.3 Å². The summed E-state index contributed by atoms with van der Waals surface area (Å²) < 4.78 is 25.1. The molecule has 0 aromatic carbocycles. The van der Waals surface area contributed by atoms with E-state index in [0.717, 1.165) is 5.01 Å². The molecule has 15 heavy (non-hydrogen) atoms. The van der Waals surface area contributed by atoms with Crippen molar-refractivity contribution in [1.82, 2.24) is 9.71 Å². The molecule has 3 N–H and O–H groups in total. The number of hydrogen-bond acceptors (Lipinski definition) is 5. The number of thiazole rings is 1. The first kappa shape index (κ1) is 12.6. The zero-order chi connectivity index (χ0) is 11.3. The van der Waals surface area contributed by atoms with Crippen LogP contribution in [0.2, 0.25) is 0 Å². The number of nitrogens with zero attached hydrogens (tertiary/aromatic N) is 1. The maximum absolute atomic E-state index is 11.3. The van der Waals surface area contributed by atoms with Crippen LogP contribution in [-0.4, -0.2) is 32.2 Å². The molecule has 86 valence electrons. The normalized spacial score (nSPS) is 14.0. The lowest BCUT2D eigenvalue weighted by atomic mass is 10.2. The Kier molecular flexibility index (Phi) is 4.65. The van der Waals surface area contributed by atoms with Gasteiger partial charge in [-0.15, -0.1) is 11.3 Å². The third-order valence-electron chi connectivity index (χ3n) is 1.87. The number of aromatic nitrogens is 1. The number of hydrogen-bond donors (Lipinski definition) is 2. The summed E-state index contributed by atoms with van der Waals surface area (Å²) in [5.41, 5.74) is 5.19. The molecular weight excluding hydrogens is 234 g/mol. The molecule has 0 saturated heterocycles. The van der Waals surface area contributed by atoms with Crippen LogP contribution in [0.25, 0.3) is 0 Å². The van der Waals surface area contributed by atoms with Crippen LogP contribution in [0.1, 0.15) is 17.8 Å². The molecule has 7 heteroatoms. The molecule has 0 amide bonds. The molecular formula is C8H15N3O2S2. The van der Waals surface area contributed by atoms with Crippen molar-refractivity contribution < 1.29 is 8.42 Å². The number of sulfonamides is 1. The second-order valence-corrected chi connectivity index (χ2v) is 6.08. The van der Waals surface area contributed by atoms with Gasteiger partial charge in [0.25, 0.3) is 0 Å². The maximum Gasteiger partial charge on any atom is 0.212 e. The highest BCUT2D eigenvalue weighted by Crippen LogP contribution is 2.16. The van der Waals surface area contributed by atoms with Crippen LogP contribution in [0, 0.1) is 0 Å². The van der Waals surface area contributed by atoms with Gasteiger partial charge in [-0.2, -0.15) is 0 Å². The molecule has 1 atom stereocenters. The van der Waals surface area contributed by atoms with Crippen molar-refractivity contribution >= 4 is 21.4 Å². The molecule has 0 saturated carbocycles. The minimum atomic E-state index is -3.22. The molecule has 0 bridgehead atoms. The molecule has 1 unspecified atom stereocenters. The fourth-order valence-corrected chi connectivity index (χ4v) is 2.70. The summed E-state index contributed by atoms with van der Waals surface area (Å²) >= 11 is 1.52. The number of nitrogens with one attached hydrogen (secondary N) is 1. The Balaban J connectivity index is 2.44. The fourth-order valence-electron chi connectivity index (χ4n) is 1.04. The van der Waals surface area contributed by atoms with Gasteiger partial charge in [-0.1, -0.05) is 6.92 Å². The largest absolute Gasteiger partial charge is 0.329 e. The van der Waals surface area contributed by atoms with Crippen LogP contribution in [0.15, 0.2) is 11.6 Å². The van der Waals surface area contributed by atoms with Crippen LogP contribution in [-0.2, 0) is 10.0 Å². The summed E-state index contributed by atoms with van der Waals surface area (Å²) in [6.07, 6.45) is 1.71. The van der Waals surface area contributed by atoms with E-state index in [1.807, 2.05) is 12.3 Å². The quantitative estimate of drug-likeness (QED) is 0.750. The predicted octanol–water partition coefficient (Wildman–Crippen LogP) is 0.125. The molecule has 1 aromatic heterocycles. The SMILES string of the molecule is CC(CNS(=O)(=O)CCN)c1nccs1. The van der Waals surface area contributed by atoms with Gasteiger partial charge in [0, 0.05) is 30.6 Å². The molecule has 0 aliphatic carbocycles. The Morgan fingerprint density at radius 3 is 2.93 bits per heavy atom. The summed E-state index contributed by atoms with van der Waals surface area (Å²) in [4.78, 5) is 4.12. The van der Waals surface area contributed by atoms with Crippen molar-refractivity contribution in [2.24, 2.45) is 5.73 Å². The van der Waals surface area contributed by atoms with E-state index in [1.54, 1.807) is 6.20 Å². The summed E-state index contributed by atoms with van der Waals surface area (Å²) in [6, 6.07) is 0. The first-order chi connectivity index (χ1) is 7.05. The fraction of sp³-hybridized carbons (Fsp3) is 0.625. The lowest BCUT2D eigenvalue weighted by Gasteiger charge is -2.09. The van der Waals surface area contributed by atoms with Crippen molar-refractivity contribution in [3.63, 3.8) is 0 Å². The molecule has 0 aliphatic heterocycles. The van der Waals surface area contributed by atoms with E-state index in [4.69, 9.17) is 5.73 Å². The van der Waals surface area contributed by atoms with Gasteiger partial charge in [0.05, 0.1) is 10.8 Å². The Hall–Kier alpha value is -0.500. The van der Waals surface area contributed by atoms with E-state index in [9.17, 15) is 8.42 Å². The van der Waals surface area contributed by atoms with E-state index in [0.29, 0.717) is 6.54 Å². The van der Waals surface area contributed by atoms with Crippen LogP contribution < -0.4 is 10.5 Å². The smallest absolute Gasteiger partial charge is 0.212 e. The first-order valence-electron chi connectivity index (χ1n) is 4.62. The molecule has 0 spiro atoms. The Bertz CT molecular complexity index is 375. The second kappa shape index (κ2) is 5.55. The molecule has 0 radical (unpaired) electrons. The van der Waals surface area contributed by atoms with Crippen molar-refractivity contribution in [3.05, 3.63) is 16.6 Å². The molecule has 0 aliphatic rings. The van der Waals surface area contributed by atoms with Gasteiger partial charge in [0.1, 0.15) is 0 Å². The third kappa shape index (κ3) is 4.25. The van der Waals surface area contributed by atoms with Crippen molar-refractivity contribution in [1.29, 1.82) is 0 Å². The van der Waals surface area contributed by atoms with Crippen molar-refractivity contribution in [3.8, 4) is 0 Å². The monoisotopic (exact) mass is 249 g/mol. The Morgan fingerprint density at radius 1 is 1.67 bits per heavy atom. The predicted molar refractivity (Wildman–Crippen MR) is 61.4 cm³/mol. The minimum absolute atomic E-state index is 0.0302. The topological polar surface area (TPSA) is 85.1 Å². The average Bonchev–Trinajstić information content (AvgIpc) is 2.67. The van der Waals surface area contributed by atoms with Crippen molar-refractivity contribution in [2.75, 3.05) is 18.8 Å². The van der Waals surface area contributed by atoms with E-state index in [2.05, 4.69) is 9.71 Å². The molecule has 1 aromatic rings. The van der Waals surface area contributed by atoms with E-state index < -0.39 is 10.0 Å². The van der Waals surface area contributed by atoms with Crippen LogP contribution in [0.3, 0.4) is 0 Å². The van der Waals surface area contributed by atoms with Crippen molar-refractivity contribution in [2.45, 2.75) is 12.8 Å². The Morgan fingerprint density at radius 2 is 2.40 bits per heavy atom. The summed E-state index contributed by atoms with van der Waals surface area (Å²) in [6.45, 7) is 2.45. The number of nitrogens with two attached hydrogens (primary N) is 1. The Labute approximate surface area is 93.8 Å².